The van der Waals surface area contributed by atoms with Gasteiger partial charge in [0.15, 0.2) is 5.16 Å². The highest BCUT2D eigenvalue weighted by Gasteiger charge is 2.01. The van der Waals surface area contributed by atoms with Crippen LogP contribution in [0.25, 0.3) is 0 Å². The first-order valence-corrected chi connectivity index (χ1v) is 6.14. The summed E-state index contributed by atoms with van der Waals surface area (Å²) in [6, 6.07) is 7.61. The second-order valence-corrected chi connectivity index (χ2v) is 4.53. The smallest absolute Gasteiger partial charge is 0.307 e. The van der Waals surface area contributed by atoms with Crippen LogP contribution in [0.1, 0.15) is 11.1 Å². The molecular weight excluding hydrogens is 236 g/mol. The number of aromatic amines is 1. The molecule has 0 bridgehead atoms. The number of nitrogens with zero attached hydrogens (tertiary/aromatic N) is 1. The van der Waals surface area contributed by atoms with Gasteiger partial charge in [0.05, 0.1) is 6.42 Å². The van der Waals surface area contributed by atoms with Crippen molar-refractivity contribution in [2.75, 3.05) is 0 Å². The van der Waals surface area contributed by atoms with E-state index in [-0.39, 0.29) is 6.42 Å². The van der Waals surface area contributed by atoms with Crippen LogP contribution in [0.15, 0.2) is 41.8 Å². The molecule has 5 heteroatoms. The van der Waals surface area contributed by atoms with Gasteiger partial charge < -0.3 is 10.1 Å². The number of carbonyl (C=O) groups is 1. The Hall–Kier alpha value is -1.75. The molecule has 0 aliphatic rings. The number of thioether (sulfide) groups is 1. The molecule has 0 fully saturated rings. The third-order valence-corrected chi connectivity index (χ3v) is 3.20. The van der Waals surface area contributed by atoms with E-state index in [0.717, 1.165) is 22.0 Å². The molecule has 2 rings (SSSR count). The Labute approximate surface area is 103 Å². The lowest BCUT2D eigenvalue weighted by molar-refractivity contribution is -0.136. The molecule has 0 spiro atoms. The van der Waals surface area contributed by atoms with Gasteiger partial charge in [-0.05, 0) is 11.1 Å². The molecule has 1 aromatic carbocycles. The maximum Gasteiger partial charge on any atom is 0.307 e. The number of hydrogen-bond acceptors (Lipinski definition) is 3. The first kappa shape index (κ1) is 11.7. The molecule has 0 aliphatic carbocycles. The van der Waals surface area contributed by atoms with Gasteiger partial charge in [0, 0.05) is 18.1 Å². The number of H-pyrrole nitrogens is 1. The van der Waals surface area contributed by atoms with Crippen LogP contribution in [0, 0.1) is 0 Å². The van der Waals surface area contributed by atoms with E-state index in [0.29, 0.717) is 0 Å². The molecule has 0 unspecified atom stereocenters. The Balaban J connectivity index is 1.91. The van der Waals surface area contributed by atoms with Crippen molar-refractivity contribution in [2.45, 2.75) is 17.3 Å². The van der Waals surface area contributed by atoms with Crippen LogP contribution >= 0.6 is 11.8 Å². The second-order valence-electron chi connectivity index (χ2n) is 3.57. The maximum atomic E-state index is 10.5. The summed E-state index contributed by atoms with van der Waals surface area (Å²) in [7, 11) is 0. The van der Waals surface area contributed by atoms with Crippen molar-refractivity contribution in [3.05, 3.63) is 47.8 Å². The Bertz CT molecular complexity index is 480. The molecule has 17 heavy (non-hydrogen) atoms. The average Bonchev–Trinajstić information content (AvgIpc) is 2.80. The van der Waals surface area contributed by atoms with Gasteiger partial charge in [0.2, 0.25) is 0 Å². The van der Waals surface area contributed by atoms with Crippen LogP contribution < -0.4 is 0 Å². The molecule has 0 radical (unpaired) electrons. The van der Waals surface area contributed by atoms with Gasteiger partial charge in [-0.2, -0.15) is 0 Å². The average molecular weight is 248 g/mol. The van der Waals surface area contributed by atoms with Gasteiger partial charge in [0.25, 0.3) is 0 Å². The lowest BCUT2D eigenvalue weighted by Gasteiger charge is -2.01. The molecule has 4 nitrogen and oxygen atoms in total. The van der Waals surface area contributed by atoms with Crippen molar-refractivity contribution < 1.29 is 9.90 Å². The molecule has 0 atom stereocenters. The zero-order valence-corrected chi connectivity index (χ0v) is 9.91. The lowest BCUT2D eigenvalue weighted by atomic mass is 10.1. The lowest BCUT2D eigenvalue weighted by Crippen LogP contribution is -1.99. The first-order valence-electron chi connectivity index (χ1n) is 5.16. The van der Waals surface area contributed by atoms with Gasteiger partial charge in [-0.1, -0.05) is 36.0 Å². The number of imidazole rings is 1. The molecule has 2 N–H and O–H groups in total. The first-order chi connectivity index (χ1) is 8.24. The van der Waals surface area contributed by atoms with E-state index >= 15 is 0 Å². The van der Waals surface area contributed by atoms with Gasteiger partial charge in [-0.15, -0.1) is 0 Å². The van der Waals surface area contributed by atoms with Crippen molar-refractivity contribution in [3.8, 4) is 0 Å². The standard InChI is InChI=1S/C12H12N2O2S/c15-11(16)7-9-1-3-10(4-2-9)8-17-12-13-5-6-14-12/h1-6H,7-8H2,(H,13,14)(H,15,16). The predicted molar refractivity (Wildman–Crippen MR) is 65.9 cm³/mol. The number of nitrogens with one attached hydrogen (secondary N) is 1. The molecule has 88 valence electrons. The third-order valence-electron chi connectivity index (χ3n) is 2.23. The van der Waals surface area contributed by atoms with Crippen LogP contribution in [0.3, 0.4) is 0 Å². The van der Waals surface area contributed by atoms with E-state index in [4.69, 9.17) is 5.11 Å². The number of rotatable bonds is 5. The molecule has 0 amide bonds. The zero-order valence-electron chi connectivity index (χ0n) is 9.09. The Morgan fingerprint density at radius 2 is 2.00 bits per heavy atom. The largest absolute Gasteiger partial charge is 0.481 e. The fourth-order valence-electron chi connectivity index (χ4n) is 1.41. The van der Waals surface area contributed by atoms with Crippen LogP contribution in [-0.2, 0) is 17.0 Å². The number of carboxylic acid groups (broad SMARTS) is 1. The normalized spacial score (nSPS) is 10.4. The number of hydrogen-bond donors (Lipinski definition) is 2. The molecular formula is C12H12N2O2S. The Morgan fingerprint density at radius 1 is 1.29 bits per heavy atom. The van der Waals surface area contributed by atoms with E-state index in [1.54, 1.807) is 24.2 Å². The summed E-state index contributed by atoms with van der Waals surface area (Å²) in [4.78, 5) is 17.7. The number of benzene rings is 1. The Morgan fingerprint density at radius 3 is 2.59 bits per heavy atom. The summed E-state index contributed by atoms with van der Waals surface area (Å²) in [5, 5.41) is 9.54. The summed E-state index contributed by atoms with van der Waals surface area (Å²) < 4.78 is 0. The van der Waals surface area contributed by atoms with Crippen molar-refractivity contribution in [2.24, 2.45) is 0 Å². The predicted octanol–water partition coefficient (Wildman–Crippen LogP) is 2.33. The minimum Gasteiger partial charge on any atom is -0.481 e. The number of aliphatic carboxylic acids is 1. The fraction of sp³-hybridized carbons (Fsp3) is 0.167. The van der Waals surface area contributed by atoms with Crippen molar-refractivity contribution in [1.82, 2.24) is 9.97 Å². The highest BCUT2D eigenvalue weighted by Crippen LogP contribution is 2.18. The van der Waals surface area contributed by atoms with Crippen LogP contribution in [0.4, 0.5) is 0 Å². The van der Waals surface area contributed by atoms with Gasteiger partial charge in [-0.25, -0.2) is 4.98 Å². The van der Waals surface area contributed by atoms with Gasteiger partial charge in [0.1, 0.15) is 0 Å². The molecule has 0 saturated carbocycles. The van der Waals surface area contributed by atoms with E-state index < -0.39 is 5.97 Å². The van der Waals surface area contributed by atoms with Crippen molar-refractivity contribution in [3.63, 3.8) is 0 Å². The molecule has 0 saturated heterocycles. The van der Waals surface area contributed by atoms with E-state index in [9.17, 15) is 4.79 Å². The molecule has 1 aromatic heterocycles. The SMILES string of the molecule is O=C(O)Cc1ccc(CSc2ncc[nH]2)cc1. The molecule has 2 aromatic rings. The Kier molecular flexibility index (Phi) is 3.82. The van der Waals surface area contributed by atoms with Crippen LogP contribution in [0.2, 0.25) is 0 Å². The fourth-order valence-corrected chi connectivity index (χ4v) is 2.19. The van der Waals surface area contributed by atoms with Crippen LogP contribution in [0.5, 0.6) is 0 Å². The summed E-state index contributed by atoms with van der Waals surface area (Å²) in [5.41, 5.74) is 1.98. The minimum absolute atomic E-state index is 0.0750. The monoisotopic (exact) mass is 248 g/mol. The highest BCUT2D eigenvalue weighted by molar-refractivity contribution is 7.98. The van der Waals surface area contributed by atoms with Gasteiger partial charge >= 0.3 is 5.97 Å². The highest BCUT2D eigenvalue weighted by atomic mass is 32.2. The van der Waals surface area contributed by atoms with Gasteiger partial charge in [-0.3, -0.25) is 4.79 Å². The quantitative estimate of drug-likeness (QED) is 0.797. The summed E-state index contributed by atoms with van der Waals surface area (Å²) in [6.07, 6.45) is 3.59. The minimum atomic E-state index is -0.803. The number of aromatic nitrogens is 2. The summed E-state index contributed by atoms with van der Waals surface area (Å²) in [5.74, 6) is 0.0173. The van der Waals surface area contributed by atoms with Crippen molar-refractivity contribution >= 4 is 17.7 Å². The van der Waals surface area contributed by atoms with Crippen molar-refractivity contribution in [1.29, 1.82) is 0 Å². The number of carboxylic acids is 1. The van der Waals surface area contributed by atoms with Crippen LogP contribution in [-0.4, -0.2) is 21.0 Å². The topological polar surface area (TPSA) is 66.0 Å². The zero-order chi connectivity index (χ0) is 12.1. The summed E-state index contributed by atoms with van der Waals surface area (Å²) in [6.45, 7) is 0. The van der Waals surface area contributed by atoms with E-state index in [1.165, 1.54) is 0 Å². The molecule has 1 heterocycles. The van der Waals surface area contributed by atoms with E-state index in [1.807, 2.05) is 24.3 Å². The molecule has 0 aliphatic heterocycles. The van der Waals surface area contributed by atoms with E-state index in [2.05, 4.69) is 9.97 Å². The third kappa shape index (κ3) is 3.64. The maximum absolute atomic E-state index is 10.5. The summed E-state index contributed by atoms with van der Waals surface area (Å²) >= 11 is 1.62. The second kappa shape index (κ2) is 5.54.